The molecule has 0 amide bonds. The largest absolute Gasteiger partial charge is 0.481 e. The van der Waals surface area contributed by atoms with E-state index in [1.54, 1.807) is 6.08 Å². The van der Waals surface area contributed by atoms with Crippen LogP contribution in [0.2, 0.25) is 0 Å². The van der Waals surface area contributed by atoms with Gasteiger partial charge in [0.25, 0.3) is 0 Å². The van der Waals surface area contributed by atoms with Crippen molar-refractivity contribution in [2.45, 2.75) is 77.2 Å². The van der Waals surface area contributed by atoms with Crippen molar-refractivity contribution in [3.8, 4) is 0 Å². The van der Waals surface area contributed by atoms with Gasteiger partial charge in [0, 0.05) is 18.4 Å². The maximum atomic E-state index is 12.0. The highest BCUT2D eigenvalue weighted by Crippen LogP contribution is 2.27. The first-order chi connectivity index (χ1) is 11.5. The molecule has 1 unspecified atom stereocenters. The zero-order valence-electron chi connectivity index (χ0n) is 14.7. The van der Waals surface area contributed by atoms with Crippen LogP contribution < -0.4 is 0 Å². The number of carboxylic acids is 1. The van der Waals surface area contributed by atoms with Gasteiger partial charge in [-0.15, -0.1) is 0 Å². The maximum absolute atomic E-state index is 12.0. The number of carboxylic acid groups (broad SMARTS) is 1. The normalized spacial score (nSPS) is 16.7. The lowest BCUT2D eigenvalue weighted by atomic mass is 10.0. The van der Waals surface area contributed by atoms with Crippen LogP contribution in [-0.2, 0) is 9.59 Å². The van der Waals surface area contributed by atoms with Gasteiger partial charge in [-0.1, -0.05) is 50.5 Å². The number of unbranched alkanes of at least 4 members (excludes halogenated alkanes) is 3. The first kappa shape index (κ1) is 20.4. The molecule has 1 aliphatic rings. The molecule has 0 aromatic rings. The van der Waals surface area contributed by atoms with E-state index >= 15 is 0 Å². The molecule has 0 saturated carbocycles. The lowest BCUT2D eigenvalue weighted by molar-refractivity contribution is -0.137. The molecule has 4 heteroatoms. The standard InChI is InChI=1S/C20H30O4/c1-2-3-6-9-17(21)14-12-16-13-15-19(22)18(16)10-7-4-5-8-11-20(23)24/h4,7,12,14,17,21H,2-3,5-6,8-11,13,15H2,1H3,(H,23,24)/b7-4+,14-12+. The summed E-state index contributed by atoms with van der Waals surface area (Å²) in [5.41, 5.74) is 1.87. The van der Waals surface area contributed by atoms with Gasteiger partial charge >= 0.3 is 5.97 Å². The summed E-state index contributed by atoms with van der Waals surface area (Å²) in [7, 11) is 0. The molecule has 0 aromatic heterocycles. The molecule has 134 valence electrons. The monoisotopic (exact) mass is 334 g/mol. The van der Waals surface area contributed by atoms with Gasteiger partial charge in [-0.05, 0) is 37.7 Å². The fourth-order valence-corrected chi connectivity index (χ4v) is 2.78. The van der Waals surface area contributed by atoms with Gasteiger partial charge < -0.3 is 10.2 Å². The van der Waals surface area contributed by atoms with Gasteiger partial charge in [0.05, 0.1) is 6.10 Å². The summed E-state index contributed by atoms with van der Waals surface area (Å²) in [6.07, 6.45) is 14.6. The maximum Gasteiger partial charge on any atom is 0.303 e. The highest BCUT2D eigenvalue weighted by atomic mass is 16.4. The Balaban J connectivity index is 2.48. The van der Waals surface area contributed by atoms with Gasteiger partial charge in [-0.25, -0.2) is 0 Å². The molecule has 1 aliphatic carbocycles. The lowest BCUT2D eigenvalue weighted by Crippen LogP contribution is -2.01. The Morgan fingerprint density at radius 2 is 2.00 bits per heavy atom. The van der Waals surface area contributed by atoms with Crippen LogP contribution in [0.15, 0.2) is 35.5 Å². The van der Waals surface area contributed by atoms with E-state index in [4.69, 9.17) is 5.11 Å². The Morgan fingerprint density at radius 3 is 2.71 bits per heavy atom. The molecule has 0 heterocycles. The third kappa shape index (κ3) is 8.25. The number of carbonyl (C=O) groups is 2. The number of aliphatic hydroxyl groups is 1. The Labute approximate surface area is 145 Å². The van der Waals surface area contributed by atoms with Crippen molar-refractivity contribution in [1.29, 1.82) is 0 Å². The topological polar surface area (TPSA) is 74.6 Å². The molecule has 2 N–H and O–H groups in total. The van der Waals surface area contributed by atoms with E-state index in [0.29, 0.717) is 19.3 Å². The summed E-state index contributed by atoms with van der Waals surface area (Å²) >= 11 is 0. The third-order valence-corrected chi connectivity index (χ3v) is 4.22. The van der Waals surface area contributed by atoms with Crippen LogP contribution in [0.4, 0.5) is 0 Å². The number of Topliss-reactive ketones (excluding diaryl/α,β-unsaturated/α-hetero) is 1. The van der Waals surface area contributed by atoms with E-state index in [2.05, 4.69) is 6.92 Å². The van der Waals surface area contributed by atoms with Crippen LogP contribution in [0.5, 0.6) is 0 Å². The Hall–Kier alpha value is -1.68. The smallest absolute Gasteiger partial charge is 0.303 e. The number of hydrogen-bond acceptors (Lipinski definition) is 3. The molecule has 4 nitrogen and oxygen atoms in total. The zero-order valence-corrected chi connectivity index (χ0v) is 14.7. The molecule has 1 rings (SSSR count). The summed E-state index contributed by atoms with van der Waals surface area (Å²) in [6.45, 7) is 2.14. The van der Waals surface area contributed by atoms with Gasteiger partial charge in [-0.3, -0.25) is 9.59 Å². The minimum Gasteiger partial charge on any atom is -0.481 e. The van der Waals surface area contributed by atoms with Gasteiger partial charge in [-0.2, -0.15) is 0 Å². The number of hydrogen-bond donors (Lipinski definition) is 2. The zero-order chi connectivity index (χ0) is 17.8. The van der Waals surface area contributed by atoms with Gasteiger partial charge in [0.15, 0.2) is 5.78 Å². The van der Waals surface area contributed by atoms with Crippen molar-refractivity contribution in [2.75, 3.05) is 0 Å². The predicted molar refractivity (Wildman–Crippen MR) is 95.8 cm³/mol. The highest BCUT2D eigenvalue weighted by Gasteiger charge is 2.20. The van der Waals surface area contributed by atoms with Crippen LogP contribution in [0.3, 0.4) is 0 Å². The predicted octanol–water partition coefficient (Wildman–Crippen LogP) is 4.34. The molecule has 0 bridgehead atoms. The van der Waals surface area contributed by atoms with Crippen LogP contribution >= 0.6 is 0 Å². The number of aliphatic hydroxyl groups excluding tert-OH is 1. The fraction of sp³-hybridized carbons (Fsp3) is 0.600. The molecule has 0 spiro atoms. The second kappa shape index (κ2) is 11.8. The number of rotatable bonds is 12. The second-order valence-corrected chi connectivity index (χ2v) is 6.31. The number of aliphatic carboxylic acids is 1. The number of carbonyl (C=O) groups excluding carboxylic acids is 1. The SMILES string of the molecule is CCCCCC(O)/C=C/C1=C(C/C=C/CCCC(=O)O)C(=O)CC1. The summed E-state index contributed by atoms with van der Waals surface area (Å²) in [5.74, 6) is -0.590. The average Bonchev–Trinajstić information content (AvgIpc) is 2.89. The van der Waals surface area contributed by atoms with Crippen molar-refractivity contribution >= 4 is 11.8 Å². The second-order valence-electron chi connectivity index (χ2n) is 6.31. The van der Waals surface area contributed by atoms with Crippen molar-refractivity contribution in [3.05, 3.63) is 35.5 Å². The molecule has 0 aromatic carbocycles. The molecule has 24 heavy (non-hydrogen) atoms. The quantitative estimate of drug-likeness (QED) is 0.411. The summed E-state index contributed by atoms with van der Waals surface area (Å²) in [5, 5.41) is 18.5. The Kier molecular flexibility index (Phi) is 10.0. The van der Waals surface area contributed by atoms with Crippen LogP contribution in [0.25, 0.3) is 0 Å². The van der Waals surface area contributed by atoms with Crippen LogP contribution in [-0.4, -0.2) is 28.1 Å². The summed E-state index contributed by atoms with van der Waals surface area (Å²) in [4.78, 5) is 22.4. The molecule has 0 saturated heterocycles. The van der Waals surface area contributed by atoms with Gasteiger partial charge in [0.1, 0.15) is 0 Å². The average molecular weight is 334 g/mol. The van der Waals surface area contributed by atoms with Crippen molar-refractivity contribution in [1.82, 2.24) is 0 Å². The minimum absolute atomic E-state index is 0.176. The van der Waals surface area contributed by atoms with E-state index < -0.39 is 12.1 Å². The van der Waals surface area contributed by atoms with E-state index in [1.165, 1.54) is 0 Å². The Morgan fingerprint density at radius 1 is 1.21 bits per heavy atom. The van der Waals surface area contributed by atoms with Crippen LogP contribution in [0.1, 0.15) is 71.1 Å². The van der Waals surface area contributed by atoms with E-state index in [9.17, 15) is 14.7 Å². The first-order valence-corrected chi connectivity index (χ1v) is 9.02. The molecule has 0 aliphatic heterocycles. The van der Waals surface area contributed by atoms with E-state index in [0.717, 1.165) is 49.7 Å². The first-order valence-electron chi connectivity index (χ1n) is 9.02. The van der Waals surface area contributed by atoms with Crippen molar-refractivity contribution < 1.29 is 19.8 Å². The molecule has 0 radical (unpaired) electrons. The van der Waals surface area contributed by atoms with Crippen LogP contribution in [0, 0.1) is 0 Å². The molecular weight excluding hydrogens is 304 g/mol. The molecule has 0 fully saturated rings. The summed E-state index contributed by atoms with van der Waals surface area (Å²) in [6, 6.07) is 0. The van der Waals surface area contributed by atoms with Crippen molar-refractivity contribution in [2.24, 2.45) is 0 Å². The Bertz CT molecular complexity index is 500. The lowest BCUT2D eigenvalue weighted by Gasteiger charge is -2.05. The van der Waals surface area contributed by atoms with E-state index in [1.807, 2.05) is 18.2 Å². The van der Waals surface area contributed by atoms with E-state index in [-0.39, 0.29) is 12.2 Å². The highest BCUT2D eigenvalue weighted by molar-refractivity contribution is 5.99. The minimum atomic E-state index is -0.776. The summed E-state index contributed by atoms with van der Waals surface area (Å²) < 4.78 is 0. The molecular formula is C20H30O4. The third-order valence-electron chi connectivity index (χ3n) is 4.22. The number of allylic oxidation sites excluding steroid dienone is 5. The van der Waals surface area contributed by atoms with Crippen molar-refractivity contribution in [3.63, 3.8) is 0 Å². The molecule has 1 atom stereocenters. The van der Waals surface area contributed by atoms with Gasteiger partial charge in [0.2, 0.25) is 0 Å². The fourth-order valence-electron chi connectivity index (χ4n) is 2.78. The number of ketones is 1.